The summed E-state index contributed by atoms with van der Waals surface area (Å²) in [5, 5.41) is 0. The van der Waals surface area contributed by atoms with Crippen LogP contribution in [0.25, 0.3) is 0 Å². The Bertz CT molecular complexity index is 371. The molecular weight excluding hydrogens is 297 g/mol. The molecule has 4 heteroatoms. The van der Waals surface area contributed by atoms with E-state index < -0.39 is 0 Å². The minimum absolute atomic E-state index is 0.169. The lowest BCUT2D eigenvalue weighted by Crippen LogP contribution is -2.37. The number of benzene rings is 1. The van der Waals surface area contributed by atoms with Crippen LogP contribution < -0.4 is 0 Å². The van der Waals surface area contributed by atoms with Crippen LogP contribution in [0.1, 0.15) is 18.4 Å². The Balaban J connectivity index is 1.81. The van der Waals surface area contributed by atoms with Gasteiger partial charge >= 0.3 is 0 Å². The van der Waals surface area contributed by atoms with Gasteiger partial charge in [0.1, 0.15) is 5.82 Å². The highest BCUT2D eigenvalue weighted by Crippen LogP contribution is 2.17. The molecule has 0 spiro atoms. The fourth-order valence-electron chi connectivity index (χ4n) is 2.41. The lowest BCUT2D eigenvalue weighted by molar-refractivity contribution is 0.0415. The van der Waals surface area contributed by atoms with Crippen LogP contribution in [-0.2, 0) is 11.2 Å². The molecule has 0 unspecified atom stereocenters. The van der Waals surface area contributed by atoms with Crippen molar-refractivity contribution in [1.29, 1.82) is 0 Å². The molecule has 0 N–H and O–H groups in total. The quantitative estimate of drug-likeness (QED) is 0.845. The third-order valence-electron chi connectivity index (χ3n) is 3.51. The van der Waals surface area contributed by atoms with Crippen molar-refractivity contribution in [3.05, 3.63) is 34.1 Å². The minimum atomic E-state index is -0.169. The fourth-order valence-corrected chi connectivity index (χ4v) is 2.92. The van der Waals surface area contributed by atoms with Crippen LogP contribution in [0.15, 0.2) is 22.7 Å². The van der Waals surface area contributed by atoms with Crippen LogP contribution in [-0.4, -0.2) is 37.7 Å². The topological polar surface area (TPSA) is 12.5 Å². The number of hydrogen-bond acceptors (Lipinski definition) is 2. The molecule has 1 heterocycles. The Morgan fingerprint density at radius 3 is 2.67 bits per heavy atom. The molecule has 0 amide bonds. The Kier molecular flexibility index (Phi) is 5.15. The third kappa shape index (κ3) is 4.04. The van der Waals surface area contributed by atoms with Crippen LogP contribution >= 0.6 is 15.9 Å². The first kappa shape index (κ1) is 14.0. The average Bonchev–Trinajstić information content (AvgIpc) is 2.36. The summed E-state index contributed by atoms with van der Waals surface area (Å²) in [5.41, 5.74) is 1.05. The fraction of sp³-hybridized carbons (Fsp3) is 0.571. The Hall–Kier alpha value is -0.450. The minimum Gasteiger partial charge on any atom is -0.381 e. The largest absolute Gasteiger partial charge is 0.381 e. The summed E-state index contributed by atoms with van der Waals surface area (Å²) in [5.74, 6) is -0.169. The zero-order valence-corrected chi connectivity index (χ0v) is 12.2. The van der Waals surface area contributed by atoms with Gasteiger partial charge in [-0.2, -0.15) is 0 Å². The van der Waals surface area contributed by atoms with Crippen molar-refractivity contribution in [1.82, 2.24) is 4.90 Å². The van der Waals surface area contributed by atoms with Crippen LogP contribution in [0.5, 0.6) is 0 Å². The molecule has 1 aromatic rings. The van der Waals surface area contributed by atoms with Gasteiger partial charge in [-0.1, -0.05) is 15.9 Å². The summed E-state index contributed by atoms with van der Waals surface area (Å²) in [6, 6.07) is 5.10. The van der Waals surface area contributed by atoms with Crippen molar-refractivity contribution in [2.45, 2.75) is 25.4 Å². The van der Waals surface area contributed by atoms with Crippen molar-refractivity contribution in [2.75, 3.05) is 26.7 Å². The molecule has 2 nitrogen and oxygen atoms in total. The summed E-state index contributed by atoms with van der Waals surface area (Å²) in [6.07, 6.45) is 3.52. The van der Waals surface area contributed by atoms with E-state index in [1.54, 1.807) is 13.2 Å². The summed E-state index contributed by atoms with van der Waals surface area (Å²) in [6.45, 7) is 3.15. The smallest absolute Gasteiger partial charge is 0.124 e. The Morgan fingerprint density at radius 1 is 1.33 bits per heavy atom. The van der Waals surface area contributed by atoms with Crippen molar-refractivity contribution >= 4 is 15.9 Å². The maximum atomic E-state index is 13.2. The lowest BCUT2D eigenvalue weighted by Gasteiger charge is -2.31. The summed E-state index contributed by atoms with van der Waals surface area (Å²) in [4.78, 5) is 2.42. The standard InChI is InChI=1S/C14H19BrFNO/c1-18-14-3-6-17(7-4-14)5-2-11-8-12(15)10-13(16)9-11/h8-10,14H,2-7H2,1H3. The van der Waals surface area contributed by atoms with Crippen LogP contribution in [0, 0.1) is 5.82 Å². The van der Waals surface area contributed by atoms with E-state index >= 15 is 0 Å². The zero-order chi connectivity index (χ0) is 13.0. The van der Waals surface area contributed by atoms with E-state index in [0.717, 1.165) is 48.9 Å². The first-order valence-electron chi connectivity index (χ1n) is 6.37. The number of likely N-dealkylation sites (tertiary alicyclic amines) is 1. The van der Waals surface area contributed by atoms with Crippen molar-refractivity contribution in [3.8, 4) is 0 Å². The first-order chi connectivity index (χ1) is 8.67. The van der Waals surface area contributed by atoms with E-state index in [2.05, 4.69) is 20.8 Å². The van der Waals surface area contributed by atoms with Gasteiger partial charge in [0.25, 0.3) is 0 Å². The number of piperidine rings is 1. The number of halogens is 2. The van der Waals surface area contributed by atoms with Gasteiger partial charge in [0.15, 0.2) is 0 Å². The summed E-state index contributed by atoms with van der Waals surface area (Å²) >= 11 is 3.33. The molecule has 0 aliphatic carbocycles. The third-order valence-corrected chi connectivity index (χ3v) is 3.96. The molecular formula is C14H19BrFNO. The Labute approximate surface area is 116 Å². The number of nitrogens with zero attached hydrogens (tertiary/aromatic N) is 1. The highest BCUT2D eigenvalue weighted by Gasteiger charge is 2.18. The van der Waals surface area contributed by atoms with Gasteiger partial charge in [0.2, 0.25) is 0 Å². The molecule has 0 radical (unpaired) electrons. The van der Waals surface area contributed by atoms with Crippen LogP contribution in [0.3, 0.4) is 0 Å². The van der Waals surface area contributed by atoms with Gasteiger partial charge in [-0.25, -0.2) is 4.39 Å². The summed E-state index contributed by atoms with van der Waals surface area (Å²) < 4.78 is 19.4. The average molecular weight is 316 g/mol. The molecule has 1 aliphatic rings. The predicted molar refractivity (Wildman–Crippen MR) is 74.3 cm³/mol. The van der Waals surface area contributed by atoms with Gasteiger partial charge < -0.3 is 9.64 Å². The molecule has 2 rings (SSSR count). The number of methoxy groups -OCH3 is 1. The molecule has 1 aromatic carbocycles. The van der Waals surface area contributed by atoms with Gasteiger partial charge in [-0.05, 0) is 43.0 Å². The second-order valence-corrected chi connectivity index (χ2v) is 5.72. The van der Waals surface area contributed by atoms with Crippen LogP contribution in [0.2, 0.25) is 0 Å². The Morgan fingerprint density at radius 2 is 2.06 bits per heavy atom. The van der Waals surface area contributed by atoms with Crippen molar-refractivity contribution in [2.24, 2.45) is 0 Å². The normalized spacial score (nSPS) is 18.2. The molecule has 0 bridgehead atoms. The highest BCUT2D eigenvalue weighted by molar-refractivity contribution is 9.10. The first-order valence-corrected chi connectivity index (χ1v) is 7.17. The van der Waals surface area contributed by atoms with Crippen LogP contribution in [0.4, 0.5) is 4.39 Å². The molecule has 1 saturated heterocycles. The van der Waals surface area contributed by atoms with Gasteiger partial charge in [0, 0.05) is 31.2 Å². The van der Waals surface area contributed by atoms with E-state index in [1.165, 1.54) is 6.07 Å². The SMILES string of the molecule is COC1CCN(CCc2cc(F)cc(Br)c2)CC1. The molecule has 1 fully saturated rings. The number of hydrogen-bond donors (Lipinski definition) is 0. The van der Waals surface area contributed by atoms with Gasteiger partial charge in [-0.3, -0.25) is 0 Å². The van der Waals surface area contributed by atoms with E-state index in [-0.39, 0.29) is 5.82 Å². The van der Waals surface area contributed by atoms with Gasteiger partial charge in [-0.15, -0.1) is 0 Å². The predicted octanol–water partition coefficient (Wildman–Crippen LogP) is 3.24. The van der Waals surface area contributed by atoms with E-state index in [9.17, 15) is 4.39 Å². The molecule has 0 aromatic heterocycles. The number of ether oxygens (including phenoxy) is 1. The lowest BCUT2D eigenvalue weighted by atomic mass is 10.1. The highest BCUT2D eigenvalue weighted by atomic mass is 79.9. The molecule has 1 aliphatic heterocycles. The van der Waals surface area contributed by atoms with Gasteiger partial charge in [0.05, 0.1) is 6.10 Å². The zero-order valence-electron chi connectivity index (χ0n) is 10.7. The molecule has 0 saturated carbocycles. The summed E-state index contributed by atoms with van der Waals surface area (Å²) in [7, 11) is 1.78. The second-order valence-electron chi connectivity index (χ2n) is 4.80. The number of rotatable bonds is 4. The monoisotopic (exact) mass is 315 g/mol. The maximum Gasteiger partial charge on any atom is 0.124 e. The molecule has 100 valence electrons. The second kappa shape index (κ2) is 6.64. The molecule has 18 heavy (non-hydrogen) atoms. The maximum absolute atomic E-state index is 13.2. The molecule has 0 atom stereocenters. The van der Waals surface area contributed by atoms with E-state index in [4.69, 9.17) is 4.74 Å². The van der Waals surface area contributed by atoms with E-state index in [1.807, 2.05) is 6.07 Å². The van der Waals surface area contributed by atoms with E-state index in [0.29, 0.717) is 6.10 Å². The van der Waals surface area contributed by atoms with Crippen molar-refractivity contribution in [3.63, 3.8) is 0 Å². The van der Waals surface area contributed by atoms with Crippen molar-refractivity contribution < 1.29 is 9.13 Å².